The highest BCUT2D eigenvalue weighted by molar-refractivity contribution is 6.33. The van der Waals surface area contributed by atoms with Gasteiger partial charge in [0.2, 0.25) is 5.91 Å². The molecule has 2 heterocycles. The molecule has 1 saturated heterocycles. The van der Waals surface area contributed by atoms with Gasteiger partial charge in [-0.1, -0.05) is 42.8 Å². The molecule has 1 unspecified atom stereocenters. The summed E-state index contributed by atoms with van der Waals surface area (Å²) in [7, 11) is 1.57. The van der Waals surface area contributed by atoms with Crippen LogP contribution in [0, 0.1) is 0 Å². The standard InChI is InChI=1S/C28H32ClN5O3/c1-4-20(2)34(28(36)21-8-7-9-22(18-21)37-3)19-27(35)33-16-14-32(15-17-33)26-13-12-25(30-31-26)23-10-5-6-11-24(23)29/h5-13,18,20H,4,14-17,19H2,1-3H3. The van der Waals surface area contributed by atoms with E-state index in [0.717, 1.165) is 17.8 Å². The Morgan fingerprint density at radius 3 is 2.43 bits per heavy atom. The zero-order valence-electron chi connectivity index (χ0n) is 21.4. The van der Waals surface area contributed by atoms with Crippen molar-refractivity contribution in [3.05, 3.63) is 71.2 Å². The van der Waals surface area contributed by atoms with Gasteiger partial charge in [0, 0.05) is 43.3 Å². The lowest BCUT2D eigenvalue weighted by Crippen LogP contribution is -2.53. The van der Waals surface area contributed by atoms with Crippen molar-refractivity contribution in [1.82, 2.24) is 20.0 Å². The molecule has 1 atom stereocenters. The van der Waals surface area contributed by atoms with Gasteiger partial charge in [-0.3, -0.25) is 9.59 Å². The highest BCUT2D eigenvalue weighted by Gasteiger charge is 2.28. The van der Waals surface area contributed by atoms with Gasteiger partial charge in [-0.15, -0.1) is 10.2 Å². The predicted octanol–water partition coefficient (Wildman–Crippen LogP) is 4.40. The molecule has 194 valence electrons. The summed E-state index contributed by atoms with van der Waals surface area (Å²) in [5.41, 5.74) is 2.07. The first-order chi connectivity index (χ1) is 17.9. The number of aromatic nitrogens is 2. The molecular formula is C28H32ClN5O3. The summed E-state index contributed by atoms with van der Waals surface area (Å²) in [5.74, 6) is 1.14. The highest BCUT2D eigenvalue weighted by atomic mass is 35.5. The van der Waals surface area contributed by atoms with E-state index < -0.39 is 0 Å². The topological polar surface area (TPSA) is 78.9 Å². The van der Waals surface area contributed by atoms with Crippen LogP contribution < -0.4 is 9.64 Å². The maximum atomic E-state index is 13.3. The second kappa shape index (κ2) is 12.1. The molecule has 8 nitrogen and oxygen atoms in total. The number of anilines is 1. The Labute approximate surface area is 222 Å². The van der Waals surface area contributed by atoms with Gasteiger partial charge in [0.05, 0.1) is 17.8 Å². The number of piperazine rings is 1. The van der Waals surface area contributed by atoms with Crippen LogP contribution in [0.1, 0.15) is 30.6 Å². The summed E-state index contributed by atoms with van der Waals surface area (Å²) in [6.07, 6.45) is 0.750. The normalized spacial score (nSPS) is 14.3. The van der Waals surface area contributed by atoms with E-state index >= 15 is 0 Å². The first-order valence-electron chi connectivity index (χ1n) is 12.5. The zero-order chi connectivity index (χ0) is 26.4. The third-order valence-corrected chi connectivity index (χ3v) is 7.09. The smallest absolute Gasteiger partial charge is 0.254 e. The Balaban J connectivity index is 1.37. The number of hydrogen-bond donors (Lipinski definition) is 0. The number of rotatable bonds is 8. The third-order valence-electron chi connectivity index (χ3n) is 6.76. The first-order valence-corrected chi connectivity index (χ1v) is 12.9. The Morgan fingerprint density at radius 2 is 1.78 bits per heavy atom. The number of carbonyl (C=O) groups is 2. The van der Waals surface area contributed by atoms with Gasteiger partial charge in [-0.25, -0.2) is 0 Å². The van der Waals surface area contributed by atoms with Gasteiger partial charge in [0.25, 0.3) is 5.91 Å². The minimum absolute atomic E-state index is 0.0391. The van der Waals surface area contributed by atoms with Crippen LogP contribution in [-0.2, 0) is 4.79 Å². The van der Waals surface area contributed by atoms with Gasteiger partial charge >= 0.3 is 0 Å². The molecule has 0 aliphatic carbocycles. The van der Waals surface area contributed by atoms with Gasteiger partial charge in [-0.2, -0.15) is 0 Å². The molecule has 9 heteroatoms. The number of carbonyl (C=O) groups excluding carboxylic acids is 2. The SMILES string of the molecule is CCC(C)N(CC(=O)N1CCN(c2ccc(-c3ccccc3Cl)nn2)CC1)C(=O)c1cccc(OC)c1. The van der Waals surface area contributed by atoms with Crippen LogP contribution in [0.25, 0.3) is 11.3 Å². The molecule has 0 saturated carbocycles. The lowest BCUT2D eigenvalue weighted by Gasteiger charge is -2.37. The number of nitrogens with zero attached hydrogens (tertiary/aromatic N) is 5. The molecule has 1 fully saturated rings. The van der Waals surface area contributed by atoms with Gasteiger partial charge in [0.1, 0.15) is 12.3 Å². The second-order valence-electron chi connectivity index (χ2n) is 9.05. The molecule has 3 aromatic rings. The largest absolute Gasteiger partial charge is 0.497 e. The van der Waals surface area contributed by atoms with Crippen molar-refractivity contribution in [2.45, 2.75) is 26.3 Å². The van der Waals surface area contributed by atoms with Gasteiger partial charge in [-0.05, 0) is 49.7 Å². The Bertz CT molecular complexity index is 1230. The maximum absolute atomic E-state index is 13.3. The van der Waals surface area contributed by atoms with Crippen LogP contribution >= 0.6 is 11.6 Å². The monoisotopic (exact) mass is 521 g/mol. The van der Waals surface area contributed by atoms with E-state index in [2.05, 4.69) is 15.1 Å². The Hall–Kier alpha value is -3.65. The molecule has 0 spiro atoms. The zero-order valence-corrected chi connectivity index (χ0v) is 22.2. The number of ether oxygens (including phenoxy) is 1. The van der Waals surface area contributed by atoms with Crippen molar-refractivity contribution < 1.29 is 14.3 Å². The quantitative estimate of drug-likeness (QED) is 0.437. The minimum atomic E-state index is -0.172. The summed E-state index contributed by atoms with van der Waals surface area (Å²) in [4.78, 5) is 32.1. The fourth-order valence-electron chi connectivity index (χ4n) is 4.31. The van der Waals surface area contributed by atoms with Crippen LogP contribution in [0.4, 0.5) is 5.82 Å². The van der Waals surface area contributed by atoms with Crippen LogP contribution in [0.3, 0.4) is 0 Å². The second-order valence-corrected chi connectivity index (χ2v) is 9.45. The first kappa shape index (κ1) is 26.4. The van der Waals surface area contributed by atoms with E-state index in [0.29, 0.717) is 48.2 Å². The summed E-state index contributed by atoms with van der Waals surface area (Å²) in [6, 6.07) is 18.3. The van der Waals surface area contributed by atoms with E-state index in [9.17, 15) is 9.59 Å². The van der Waals surface area contributed by atoms with Crippen LogP contribution in [0.5, 0.6) is 5.75 Å². The fourth-order valence-corrected chi connectivity index (χ4v) is 4.54. The van der Waals surface area contributed by atoms with E-state index in [1.807, 2.05) is 55.1 Å². The van der Waals surface area contributed by atoms with Crippen molar-refractivity contribution in [3.63, 3.8) is 0 Å². The average molecular weight is 522 g/mol. The molecule has 2 amide bonds. The van der Waals surface area contributed by atoms with Crippen LogP contribution in [0.2, 0.25) is 5.02 Å². The number of benzene rings is 2. The minimum Gasteiger partial charge on any atom is -0.497 e. The number of methoxy groups -OCH3 is 1. The van der Waals surface area contributed by atoms with E-state index in [4.69, 9.17) is 16.3 Å². The number of hydrogen-bond acceptors (Lipinski definition) is 6. The number of halogens is 1. The van der Waals surface area contributed by atoms with E-state index in [-0.39, 0.29) is 24.4 Å². The molecule has 1 aliphatic rings. The molecule has 0 N–H and O–H groups in total. The summed E-state index contributed by atoms with van der Waals surface area (Å²) in [6.45, 7) is 6.39. The molecule has 0 bridgehead atoms. The molecule has 37 heavy (non-hydrogen) atoms. The fraction of sp³-hybridized carbons (Fsp3) is 0.357. The highest BCUT2D eigenvalue weighted by Crippen LogP contribution is 2.26. The molecule has 2 aromatic carbocycles. The number of amides is 2. The molecule has 4 rings (SSSR count). The Morgan fingerprint density at radius 1 is 1.03 bits per heavy atom. The van der Waals surface area contributed by atoms with Gasteiger partial charge < -0.3 is 19.4 Å². The molecule has 0 radical (unpaired) electrons. The lowest BCUT2D eigenvalue weighted by atomic mass is 10.1. The van der Waals surface area contributed by atoms with Gasteiger partial charge in [0.15, 0.2) is 5.82 Å². The Kier molecular flexibility index (Phi) is 8.61. The summed E-state index contributed by atoms with van der Waals surface area (Å²) >= 11 is 6.28. The van der Waals surface area contributed by atoms with Crippen molar-refractivity contribution >= 4 is 29.2 Å². The van der Waals surface area contributed by atoms with E-state index in [1.165, 1.54) is 0 Å². The molecule has 1 aromatic heterocycles. The summed E-state index contributed by atoms with van der Waals surface area (Å²) in [5, 5.41) is 9.38. The van der Waals surface area contributed by atoms with Crippen LogP contribution in [0.15, 0.2) is 60.7 Å². The van der Waals surface area contributed by atoms with Crippen molar-refractivity contribution in [3.8, 4) is 17.0 Å². The molecular weight excluding hydrogens is 490 g/mol. The maximum Gasteiger partial charge on any atom is 0.254 e. The van der Waals surface area contributed by atoms with E-state index in [1.54, 1.807) is 36.3 Å². The lowest BCUT2D eigenvalue weighted by molar-refractivity contribution is -0.132. The van der Waals surface area contributed by atoms with Crippen LogP contribution in [-0.4, -0.2) is 77.7 Å². The van der Waals surface area contributed by atoms with Crippen molar-refractivity contribution in [1.29, 1.82) is 0 Å². The van der Waals surface area contributed by atoms with Crippen molar-refractivity contribution in [2.75, 3.05) is 44.7 Å². The molecule has 1 aliphatic heterocycles. The summed E-state index contributed by atoms with van der Waals surface area (Å²) < 4.78 is 5.26. The average Bonchev–Trinajstić information content (AvgIpc) is 2.95. The predicted molar refractivity (Wildman–Crippen MR) is 145 cm³/mol. The van der Waals surface area contributed by atoms with Crippen molar-refractivity contribution in [2.24, 2.45) is 0 Å². The third kappa shape index (κ3) is 6.20.